The van der Waals surface area contributed by atoms with E-state index < -0.39 is 23.6 Å². The fraction of sp³-hybridized carbons (Fsp3) is 0.875. The van der Waals surface area contributed by atoms with Crippen molar-refractivity contribution < 1.29 is 22.8 Å². The van der Waals surface area contributed by atoms with Crippen LogP contribution in [0, 0.1) is 5.92 Å². The van der Waals surface area contributed by atoms with Crippen molar-refractivity contribution in [3.63, 3.8) is 0 Å². The van der Waals surface area contributed by atoms with Gasteiger partial charge < -0.3 is 14.6 Å². The van der Waals surface area contributed by atoms with E-state index in [4.69, 9.17) is 5.11 Å². The van der Waals surface area contributed by atoms with Crippen LogP contribution in [-0.4, -0.2) is 44.1 Å². The topological polar surface area (TPSA) is 89.9 Å². The van der Waals surface area contributed by atoms with E-state index >= 15 is 0 Å². The molecule has 1 heterocycles. The SMILES string of the molecule is CC(OS(=O)[O-])[C@@H]1CCCN(C(=O)O)C1. The van der Waals surface area contributed by atoms with Gasteiger partial charge in [0.05, 0.1) is 17.5 Å². The lowest BCUT2D eigenvalue weighted by Crippen LogP contribution is -2.42. The smallest absolute Gasteiger partial charge is 0.407 e. The fourth-order valence-electron chi connectivity index (χ4n) is 1.77. The van der Waals surface area contributed by atoms with Crippen molar-refractivity contribution in [3.05, 3.63) is 0 Å². The maximum Gasteiger partial charge on any atom is 0.407 e. The number of piperidine rings is 1. The van der Waals surface area contributed by atoms with E-state index in [-0.39, 0.29) is 5.92 Å². The van der Waals surface area contributed by atoms with Gasteiger partial charge in [0.2, 0.25) is 0 Å². The quantitative estimate of drug-likeness (QED) is 0.724. The molecule has 0 aliphatic carbocycles. The highest BCUT2D eigenvalue weighted by molar-refractivity contribution is 7.74. The molecule has 1 amide bonds. The zero-order chi connectivity index (χ0) is 11.4. The first-order chi connectivity index (χ1) is 7.00. The molecular weight excluding hydrogens is 222 g/mol. The van der Waals surface area contributed by atoms with Crippen molar-refractivity contribution in [2.45, 2.75) is 25.9 Å². The highest BCUT2D eigenvalue weighted by atomic mass is 32.2. The first-order valence-corrected chi connectivity index (χ1v) is 5.75. The molecule has 1 aliphatic rings. The standard InChI is InChI=1S/C8H15NO5S/c1-6(14-15(12)13)7-3-2-4-9(5-7)8(10)11/h6-7H,2-5H2,1H3,(H,10,11)(H,12,13)/p-1/t6?,7-/m1/s1. The molecule has 0 bridgehead atoms. The molecule has 0 radical (unpaired) electrons. The van der Waals surface area contributed by atoms with E-state index in [0.717, 1.165) is 12.8 Å². The van der Waals surface area contributed by atoms with Gasteiger partial charge in [-0.1, -0.05) is 0 Å². The minimum Gasteiger partial charge on any atom is -0.750 e. The minimum atomic E-state index is -2.54. The summed E-state index contributed by atoms with van der Waals surface area (Å²) in [6.45, 7) is 2.50. The number of likely N-dealkylation sites (tertiary alicyclic amines) is 1. The summed E-state index contributed by atoms with van der Waals surface area (Å²) in [6.07, 6.45) is 0.110. The molecule has 2 unspecified atom stereocenters. The zero-order valence-corrected chi connectivity index (χ0v) is 9.24. The van der Waals surface area contributed by atoms with Crippen LogP contribution in [0.15, 0.2) is 0 Å². The maximum absolute atomic E-state index is 10.7. The summed E-state index contributed by atoms with van der Waals surface area (Å²) in [4.78, 5) is 12.0. The molecule has 0 saturated carbocycles. The highest BCUT2D eigenvalue weighted by Gasteiger charge is 2.27. The number of carboxylic acid groups (broad SMARTS) is 1. The summed E-state index contributed by atoms with van der Waals surface area (Å²) in [5.41, 5.74) is 0. The van der Waals surface area contributed by atoms with Crippen LogP contribution in [-0.2, 0) is 15.5 Å². The molecule has 15 heavy (non-hydrogen) atoms. The van der Waals surface area contributed by atoms with Gasteiger partial charge in [-0.05, 0) is 19.8 Å². The van der Waals surface area contributed by atoms with E-state index in [1.165, 1.54) is 4.90 Å². The van der Waals surface area contributed by atoms with Gasteiger partial charge in [-0.15, -0.1) is 0 Å². The first kappa shape index (κ1) is 12.4. The van der Waals surface area contributed by atoms with E-state index in [1.54, 1.807) is 6.92 Å². The van der Waals surface area contributed by atoms with E-state index in [9.17, 15) is 13.6 Å². The van der Waals surface area contributed by atoms with Crippen molar-refractivity contribution >= 4 is 17.5 Å². The number of nitrogens with zero attached hydrogens (tertiary/aromatic N) is 1. The molecule has 1 aliphatic heterocycles. The summed E-state index contributed by atoms with van der Waals surface area (Å²) in [6, 6.07) is 0. The molecule has 88 valence electrons. The maximum atomic E-state index is 10.7. The Morgan fingerprint density at radius 2 is 2.40 bits per heavy atom. The van der Waals surface area contributed by atoms with Crippen LogP contribution < -0.4 is 0 Å². The normalized spacial score (nSPS) is 26.0. The second-order valence-corrected chi connectivity index (χ2v) is 4.24. The Morgan fingerprint density at radius 3 is 2.93 bits per heavy atom. The van der Waals surface area contributed by atoms with E-state index in [2.05, 4.69) is 4.18 Å². The van der Waals surface area contributed by atoms with Crippen LogP contribution >= 0.6 is 0 Å². The molecular formula is C8H14NO5S-. The predicted molar refractivity (Wildman–Crippen MR) is 51.8 cm³/mol. The molecule has 1 saturated heterocycles. The lowest BCUT2D eigenvalue weighted by molar-refractivity contribution is 0.0750. The molecule has 0 aromatic carbocycles. The molecule has 0 spiro atoms. The predicted octanol–water partition coefficient (Wildman–Crippen LogP) is 0.576. The van der Waals surface area contributed by atoms with Crippen molar-refractivity contribution in [2.24, 2.45) is 5.92 Å². The summed E-state index contributed by atoms with van der Waals surface area (Å²) in [5.74, 6) is -0.0484. The van der Waals surface area contributed by atoms with Gasteiger partial charge in [0.1, 0.15) is 0 Å². The molecule has 0 aromatic heterocycles. The third-order valence-corrected chi connectivity index (χ3v) is 3.08. The summed E-state index contributed by atoms with van der Waals surface area (Å²) < 4.78 is 25.2. The number of hydrogen-bond donors (Lipinski definition) is 1. The van der Waals surface area contributed by atoms with Crippen LogP contribution in [0.5, 0.6) is 0 Å². The minimum absolute atomic E-state index is 0.0484. The second kappa shape index (κ2) is 5.43. The lowest BCUT2D eigenvalue weighted by atomic mass is 9.94. The van der Waals surface area contributed by atoms with Gasteiger partial charge >= 0.3 is 6.09 Å². The Hall–Kier alpha value is -0.660. The Balaban J connectivity index is 2.48. The second-order valence-electron chi connectivity index (χ2n) is 3.64. The Bertz CT molecular complexity index is 259. The van der Waals surface area contributed by atoms with Gasteiger partial charge in [-0.3, -0.25) is 4.18 Å². The van der Waals surface area contributed by atoms with Crippen molar-refractivity contribution in [1.29, 1.82) is 0 Å². The Morgan fingerprint density at radius 1 is 1.73 bits per heavy atom. The number of carbonyl (C=O) groups is 1. The van der Waals surface area contributed by atoms with E-state index in [1.807, 2.05) is 0 Å². The van der Waals surface area contributed by atoms with Crippen molar-refractivity contribution in [2.75, 3.05) is 13.1 Å². The van der Waals surface area contributed by atoms with Gasteiger partial charge in [0, 0.05) is 19.0 Å². The van der Waals surface area contributed by atoms with Gasteiger partial charge in [0.15, 0.2) is 0 Å². The molecule has 3 atom stereocenters. The summed E-state index contributed by atoms with van der Waals surface area (Å²) in [7, 11) is 0. The van der Waals surface area contributed by atoms with Gasteiger partial charge in [0.25, 0.3) is 0 Å². The molecule has 1 N–H and O–H groups in total. The number of rotatable bonds is 3. The van der Waals surface area contributed by atoms with Gasteiger partial charge in [-0.25, -0.2) is 9.00 Å². The molecule has 1 fully saturated rings. The van der Waals surface area contributed by atoms with Crippen LogP contribution in [0.2, 0.25) is 0 Å². The van der Waals surface area contributed by atoms with Crippen LogP contribution in [0.25, 0.3) is 0 Å². The fourth-order valence-corrected chi connectivity index (χ4v) is 2.17. The molecule has 7 heteroatoms. The Kier molecular flexibility index (Phi) is 4.49. The lowest BCUT2D eigenvalue weighted by Gasteiger charge is -2.33. The number of hydrogen-bond acceptors (Lipinski definition) is 4. The average Bonchev–Trinajstić information content (AvgIpc) is 2.17. The third kappa shape index (κ3) is 3.77. The van der Waals surface area contributed by atoms with Crippen LogP contribution in [0.4, 0.5) is 4.79 Å². The van der Waals surface area contributed by atoms with Crippen LogP contribution in [0.3, 0.4) is 0 Å². The third-order valence-electron chi connectivity index (χ3n) is 2.62. The monoisotopic (exact) mass is 236 g/mol. The van der Waals surface area contributed by atoms with E-state index in [0.29, 0.717) is 13.1 Å². The zero-order valence-electron chi connectivity index (χ0n) is 8.42. The number of amides is 1. The van der Waals surface area contributed by atoms with Crippen molar-refractivity contribution in [1.82, 2.24) is 4.90 Å². The first-order valence-electron chi connectivity index (χ1n) is 4.75. The molecule has 1 rings (SSSR count). The summed E-state index contributed by atoms with van der Waals surface area (Å²) >= 11 is -2.54. The Labute approximate surface area is 90.7 Å². The summed E-state index contributed by atoms with van der Waals surface area (Å²) in [5, 5.41) is 8.78. The molecule has 0 aromatic rings. The van der Waals surface area contributed by atoms with Gasteiger partial charge in [-0.2, -0.15) is 0 Å². The largest absolute Gasteiger partial charge is 0.750 e. The average molecular weight is 236 g/mol. The van der Waals surface area contributed by atoms with Crippen molar-refractivity contribution in [3.8, 4) is 0 Å². The highest BCUT2D eigenvalue weighted by Crippen LogP contribution is 2.21. The van der Waals surface area contributed by atoms with Crippen LogP contribution in [0.1, 0.15) is 19.8 Å². The molecule has 6 nitrogen and oxygen atoms in total.